The lowest BCUT2D eigenvalue weighted by Gasteiger charge is -2.22. The summed E-state index contributed by atoms with van der Waals surface area (Å²) in [6.45, 7) is 2.89. The highest BCUT2D eigenvalue weighted by atomic mass is 19.1. The largest absolute Gasteiger partial charge is 0.491 e. The number of hydrogen-bond donors (Lipinski definition) is 1. The third-order valence-electron chi connectivity index (χ3n) is 3.25. The number of para-hydroxylation sites is 1. The SMILES string of the molecule is Fc1ccccc1OCCCC1CCCNC1. The molecule has 1 aliphatic heterocycles. The van der Waals surface area contributed by atoms with Crippen LogP contribution in [0.2, 0.25) is 0 Å². The minimum atomic E-state index is -0.271. The van der Waals surface area contributed by atoms with E-state index < -0.39 is 0 Å². The third kappa shape index (κ3) is 4.00. The van der Waals surface area contributed by atoms with Gasteiger partial charge in [0.2, 0.25) is 0 Å². The van der Waals surface area contributed by atoms with E-state index in [0.29, 0.717) is 12.4 Å². The van der Waals surface area contributed by atoms with Crippen molar-refractivity contribution in [3.05, 3.63) is 30.1 Å². The van der Waals surface area contributed by atoms with Crippen molar-refractivity contribution >= 4 is 0 Å². The summed E-state index contributed by atoms with van der Waals surface area (Å²) in [6.07, 6.45) is 4.76. The second-order valence-electron chi connectivity index (χ2n) is 4.63. The van der Waals surface area contributed by atoms with Crippen molar-refractivity contribution in [3.8, 4) is 5.75 Å². The van der Waals surface area contributed by atoms with Crippen molar-refractivity contribution in [2.24, 2.45) is 5.92 Å². The van der Waals surface area contributed by atoms with E-state index in [2.05, 4.69) is 5.32 Å². The molecule has 1 unspecified atom stereocenters. The fourth-order valence-electron chi connectivity index (χ4n) is 2.29. The smallest absolute Gasteiger partial charge is 0.165 e. The van der Waals surface area contributed by atoms with Crippen LogP contribution in [0.15, 0.2) is 24.3 Å². The first-order valence-corrected chi connectivity index (χ1v) is 6.44. The Morgan fingerprint density at radius 2 is 2.24 bits per heavy atom. The van der Waals surface area contributed by atoms with Gasteiger partial charge in [-0.05, 0) is 56.8 Å². The van der Waals surface area contributed by atoms with Crippen molar-refractivity contribution in [2.75, 3.05) is 19.7 Å². The van der Waals surface area contributed by atoms with Crippen LogP contribution >= 0.6 is 0 Å². The summed E-state index contributed by atoms with van der Waals surface area (Å²) >= 11 is 0. The summed E-state index contributed by atoms with van der Waals surface area (Å²) in [4.78, 5) is 0. The van der Waals surface area contributed by atoms with E-state index >= 15 is 0 Å². The van der Waals surface area contributed by atoms with Gasteiger partial charge in [0.15, 0.2) is 11.6 Å². The summed E-state index contributed by atoms with van der Waals surface area (Å²) in [6, 6.07) is 6.58. The van der Waals surface area contributed by atoms with E-state index in [1.54, 1.807) is 18.2 Å². The second kappa shape index (κ2) is 6.60. The quantitative estimate of drug-likeness (QED) is 0.795. The van der Waals surface area contributed by atoms with Crippen molar-refractivity contribution in [3.63, 3.8) is 0 Å². The molecule has 2 nitrogen and oxygen atoms in total. The Bertz CT molecular complexity index is 337. The van der Waals surface area contributed by atoms with Crippen LogP contribution in [0.3, 0.4) is 0 Å². The van der Waals surface area contributed by atoms with Gasteiger partial charge in [0.25, 0.3) is 0 Å². The molecule has 0 radical (unpaired) electrons. The topological polar surface area (TPSA) is 21.3 Å². The fourth-order valence-corrected chi connectivity index (χ4v) is 2.29. The van der Waals surface area contributed by atoms with Crippen LogP contribution in [0.25, 0.3) is 0 Å². The van der Waals surface area contributed by atoms with Gasteiger partial charge in [-0.1, -0.05) is 12.1 Å². The molecule has 1 N–H and O–H groups in total. The summed E-state index contributed by atoms with van der Waals surface area (Å²) in [7, 11) is 0. The average molecular weight is 237 g/mol. The van der Waals surface area contributed by atoms with Gasteiger partial charge in [0, 0.05) is 0 Å². The van der Waals surface area contributed by atoms with E-state index in [1.165, 1.54) is 25.3 Å². The molecule has 1 aliphatic rings. The summed E-state index contributed by atoms with van der Waals surface area (Å²) in [5.41, 5.74) is 0. The van der Waals surface area contributed by atoms with E-state index in [1.807, 2.05) is 0 Å². The highest BCUT2D eigenvalue weighted by molar-refractivity contribution is 5.23. The van der Waals surface area contributed by atoms with Gasteiger partial charge in [0.05, 0.1) is 6.61 Å². The number of halogens is 1. The Morgan fingerprint density at radius 3 is 3.00 bits per heavy atom. The minimum Gasteiger partial charge on any atom is -0.491 e. The number of rotatable bonds is 5. The molecule has 0 amide bonds. The zero-order valence-corrected chi connectivity index (χ0v) is 10.1. The number of hydrogen-bond acceptors (Lipinski definition) is 2. The first kappa shape index (κ1) is 12.4. The van der Waals surface area contributed by atoms with Gasteiger partial charge in [-0.3, -0.25) is 0 Å². The fraction of sp³-hybridized carbons (Fsp3) is 0.571. The number of nitrogens with one attached hydrogen (secondary N) is 1. The van der Waals surface area contributed by atoms with Crippen LogP contribution in [-0.4, -0.2) is 19.7 Å². The van der Waals surface area contributed by atoms with Crippen LogP contribution in [0.1, 0.15) is 25.7 Å². The monoisotopic (exact) mass is 237 g/mol. The minimum absolute atomic E-state index is 0.271. The highest BCUT2D eigenvalue weighted by Crippen LogP contribution is 2.18. The van der Waals surface area contributed by atoms with E-state index in [9.17, 15) is 4.39 Å². The van der Waals surface area contributed by atoms with Crippen LogP contribution in [-0.2, 0) is 0 Å². The number of benzene rings is 1. The molecule has 1 aromatic rings. The molecule has 0 bridgehead atoms. The summed E-state index contributed by atoms with van der Waals surface area (Å²) < 4.78 is 18.7. The van der Waals surface area contributed by atoms with Crippen LogP contribution < -0.4 is 10.1 Å². The van der Waals surface area contributed by atoms with Gasteiger partial charge in [-0.25, -0.2) is 4.39 Å². The molecular formula is C14H20FNO. The summed E-state index contributed by atoms with van der Waals surface area (Å²) in [5, 5.41) is 3.40. The standard InChI is InChI=1S/C14H20FNO/c15-13-7-1-2-8-14(13)17-10-4-6-12-5-3-9-16-11-12/h1-2,7-8,12,16H,3-6,9-11H2. The molecule has 2 rings (SSSR count). The maximum atomic E-state index is 13.2. The lowest BCUT2D eigenvalue weighted by molar-refractivity contribution is 0.266. The molecule has 0 spiro atoms. The lowest BCUT2D eigenvalue weighted by Crippen LogP contribution is -2.29. The third-order valence-corrected chi connectivity index (χ3v) is 3.25. The van der Waals surface area contributed by atoms with Gasteiger partial charge in [0.1, 0.15) is 0 Å². The predicted molar refractivity (Wildman–Crippen MR) is 66.7 cm³/mol. The second-order valence-corrected chi connectivity index (χ2v) is 4.63. The molecule has 0 saturated carbocycles. The predicted octanol–water partition coefficient (Wildman–Crippen LogP) is 2.98. The molecule has 1 saturated heterocycles. The van der Waals surface area contributed by atoms with Crippen molar-refractivity contribution < 1.29 is 9.13 Å². The molecule has 1 aromatic carbocycles. The van der Waals surface area contributed by atoms with Gasteiger partial charge in [-0.15, -0.1) is 0 Å². The molecule has 1 fully saturated rings. The van der Waals surface area contributed by atoms with Crippen LogP contribution in [0, 0.1) is 11.7 Å². The van der Waals surface area contributed by atoms with E-state index in [4.69, 9.17) is 4.74 Å². The van der Waals surface area contributed by atoms with Gasteiger partial charge >= 0.3 is 0 Å². The zero-order chi connectivity index (χ0) is 11.9. The van der Waals surface area contributed by atoms with Gasteiger partial charge in [-0.2, -0.15) is 0 Å². The van der Waals surface area contributed by atoms with E-state index in [0.717, 1.165) is 25.4 Å². The first-order valence-electron chi connectivity index (χ1n) is 6.44. The molecular weight excluding hydrogens is 217 g/mol. The summed E-state index contributed by atoms with van der Waals surface area (Å²) in [5.74, 6) is 0.870. The lowest BCUT2D eigenvalue weighted by atomic mass is 9.95. The molecule has 1 heterocycles. The van der Waals surface area contributed by atoms with Crippen molar-refractivity contribution in [1.29, 1.82) is 0 Å². The zero-order valence-electron chi connectivity index (χ0n) is 10.1. The Morgan fingerprint density at radius 1 is 1.35 bits per heavy atom. The molecule has 0 aliphatic carbocycles. The van der Waals surface area contributed by atoms with Crippen LogP contribution in [0.5, 0.6) is 5.75 Å². The first-order chi connectivity index (χ1) is 8.36. The molecule has 1 atom stereocenters. The Labute approximate surface area is 102 Å². The average Bonchev–Trinajstić information content (AvgIpc) is 2.38. The van der Waals surface area contributed by atoms with Gasteiger partial charge < -0.3 is 10.1 Å². The molecule has 3 heteroatoms. The normalized spacial score (nSPS) is 20.2. The number of piperidine rings is 1. The molecule has 94 valence electrons. The Hall–Kier alpha value is -1.09. The molecule has 17 heavy (non-hydrogen) atoms. The Balaban J connectivity index is 1.64. The number of ether oxygens (including phenoxy) is 1. The Kier molecular flexibility index (Phi) is 4.80. The van der Waals surface area contributed by atoms with E-state index in [-0.39, 0.29) is 5.82 Å². The van der Waals surface area contributed by atoms with Crippen LogP contribution in [0.4, 0.5) is 4.39 Å². The maximum absolute atomic E-state index is 13.2. The van der Waals surface area contributed by atoms with Crippen molar-refractivity contribution in [2.45, 2.75) is 25.7 Å². The highest BCUT2D eigenvalue weighted by Gasteiger charge is 2.12. The van der Waals surface area contributed by atoms with Crippen molar-refractivity contribution in [1.82, 2.24) is 5.32 Å². The maximum Gasteiger partial charge on any atom is 0.165 e. The molecule has 0 aromatic heterocycles.